The van der Waals surface area contributed by atoms with Crippen molar-refractivity contribution < 1.29 is 44.2 Å². The summed E-state index contributed by atoms with van der Waals surface area (Å²) in [7, 11) is 0. The largest absolute Gasteiger partial charge is 0.489 e. The number of aliphatic hydroxyl groups excluding tert-OH is 4. The zero-order chi connectivity index (χ0) is 25.8. The lowest BCUT2D eigenvalue weighted by atomic mass is 9.94. The van der Waals surface area contributed by atoms with Gasteiger partial charge in [-0.3, -0.25) is 0 Å². The number of hydrogen-bond donors (Lipinski definition) is 5. The topological polar surface area (TPSA) is 159 Å². The second-order valence-corrected chi connectivity index (χ2v) is 9.33. The molecular weight excluding hydrogens is 460 g/mol. The van der Waals surface area contributed by atoms with E-state index in [1.807, 2.05) is 13.0 Å². The van der Waals surface area contributed by atoms with E-state index < -0.39 is 54.6 Å². The molecule has 1 aromatic carbocycles. The third-order valence-electron chi connectivity index (χ3n) is 6.01. The number of aliphatic hydroxyl groups is 5. The van der Waals surface area contributed by atoms with Gasteiger partial charge in [0.25, 0.3) is 0 Å². The molecule has 5 N–H and O–H groups in total. The standard InChI is InChI=1S/C25H34O10/c1-14(10-11-32-16-7-5-15-6-9-20(27)33-17(15)12-16)4-8-19(25(2,3)31)35-24-23(30)22(29)21(28)18(13-26)34-24/h5-7,9-10,12,18-19,21-24,26,28-31H,4,8,11,13H2,1-3H3/t18-,19+,21-,22-,23-,24+/m0/s1. The number of benzene rings is 1. The maximum absolute atomic E-state index is 11.4. The van der Waals surface area contributed by atoms with Crippen molar-refractivity contribution in [2.45, 2.75) is 76.0 Å². The molecule has 0 spiro atoms. The molecule has 3 rings (SSSR count). The lowest BCUT2D eigenvalue weighted by molar-refractivity contribution is -0.322. The van der Waals surface area contributed by atoms with Gasteiger partial charge in [-0.1, -0.05) is 5.57 Å². The average Bonchev–Trinajstić information content (AvgIpc) is 2.80. The van der Waals surface area contributed by atoms with Gasteiger partial charge in [0.1, 0.15) is 42.4 Å². The number of hydrogen-bond acceptors (Lipinski definition) is 10. The summed E-state index contributed by atoms with van der Waals surface area (Å²) < 4.78 is 22.1. The summed E-state index contributed by atoms with van der Waals surface area (Å²) >= 11 is 0. The molecule has 1 aliphatic rings. The van der Waals surface area contributed by atoms with E-state index in [2.05, 4.69) is 0 Å². The predicted molar refractivity (Wildman–Crippen MR) is 126 cm³/mol. The molecular formula is C25H34O10. The van der Waals surface area contributed by atoms with Crippen LogP contribution in [0.2, 0.25) is 0 Å². The van der Waals surface area contributed by atoms with E-state index in [-0.39, 0.29) is 6.61 Å². The number of rotatable bonds is 10. The van der Waals surface area contributed by atoms with Crippen molar-refractivity contribution in [3.63, 3.8) is 0 Å². The van der Waals surface area contributed by atoms with Crippen molar-refractivity contribution in [1.82, 2.24) is 0 Å². The maximum Gasteiger partial charge on any atom is 0.336 e. The Balaban J connectivity index is 1.57. The van der Waals surface area contributed by atoms with Crippen LogP contribution in [0.5, 0.6) is 5.75 Å². The third kappa shape index (κ3) is 7.11. The van der Waals surface area contributed by atoms with Crippen molar-refractivity contribution in [1.29, 1.82) is 0 Å². The van der Waals surface area contributed by atoms with Crippen LogP contribution in [0.15, 0.2) is 51.2 Å². The molecule has 2 heterocycles. The first-order valence-electron chi connectivity index (χ1n) is 11.5. The smallest absolute Gasteiger partial charge is 0.336 e. The quantitative estimate of drug-likeness (QED) is 0.237. The summed E-state index contributed by atoms with van der Waals surface area (Å²) in [5, 5.41) is 50.9. The molecule has 0 amide bonds. The molecule has 0 radical (unpaired) electrons. The highest BCUT2D eigenvalue weighted by Gasteiger charge is 2.46. The lowest BCUT2D eigenvalue weighted by Crippen LogP contribution is -2.60. The van der Waals surface area contributed by atoms with Gasteiger partial charge in [-0.2, -0.15) is 0 Å². The van der Waals surface area contributed by atoms with Crippen molar-refractivity contribution >= 4 is 11.0 Å². The van der Waals surface area contributed by atoms with E-state index in [0.717, 1.165) is 11.0 Å². The third-order valence-corrected chi connectivity index (χ3v) is 6.01. The first-order valence-corrected chi connectivity index (χ1v) is 11.5. The van der Waals surface area contributed by atoms with Crippen LogP contribution in [0.3, 0.4) is 0 Å². The Morgan fingerprint density at radius 2 is 1.86 bits per heavy atom. The minimum atomic E-state index is -1.56. The minimum Gasteiger partial charge on any atom is -0.489 e. The van der Waals surface area contributed by atoms with Gasteiger partial charge in [-0.05, 0) is 57.9 Å². The van der Waals surface area contributed by atoms with Crippen LogP contribution >= 0.6 is 0 Å². The van der Waals surface area contributed by atoms with Crippen LogP contribution in [0.4, 0.5) is 0 Å². The molecule has 2 aromatic rings. The second-order valence-electron chi connectivity index (χ2n) is 9.33. The number of fused-ring (bicyclic) bond motifs is 1. The van der Waals surface area contributed by atoms with E-state index in [9.17, 15) is 30.3 Å². The summed E-state index contributed by atoms with van der Waals surface area (Å²) in [5.74, 6) is 0.552. The molecule has 10 heteroatoms. The summed E-state index contributed by atoms with van der Waals surface area (Å²) in [4.78, 5) is 11.4. The van der Waals surface area contributed by atoms with Gasteiger partial charge in [0.2, 0.25) is 0 Å². The van der Waals surface area contributed by atoms with Crippen molar-refractivity contribution in [3.8, 4) is 5.75 Å². The van der Waals surface area contributed by atoms with Gasteiger partial charge in [0, 0.05) is 17.5 Å². The Bertz CT molecular complexity index is 1050. The average molecular weight is 495 g/mol. The zero-order valence-corrected chi connectivity index (χ0v) is 20.0. The molecule has 194 valence electrons. The predicted octanol–water partition coefficient (Wildman–Crippen LogP) is 0.854. The summed E-state index contributed by atoms with van der Waals surface area (Å²) in [6.45, 7) is 4.72. The van der Waals surface area contributed by atoms with E-state index in [1.54, 1.807) is 38.1 Å². The van der Waals surface area contributed by atoms with Crippen LogP contribution in [-0.4, -0.2) is 81.2 Å². The molecule has 1 aromatic heterocycles. The zero-order valence-electron chi connectivity index (χ0n) is 20.0. The number of ether oxygens (including phenoxy) is 3. The molecule has 6 atom stereocenters. The highest BCUT2D eigenvalue weighted by Crippen LogP contribution is 2.28. The van der Waals surface area contributed by atoms with E-state index >= 15 is 0 Å². The Hall–Kier alpha value is -2.31. The monoisotopic (exact) mass is 494 g/mol. The highest BCUT2D eigenvalue weighted by atomic mass is 16.7. The van der Waals surface area contributed by atoms with Crippen LogP contribution < -0.4 is 10.4 Å². The normalized spacial score (nSPS) is 26.6. The Kier molecular flexibility index (Phi) is 9.05. The van der Waals surface area contributed by atoms with Crippen molar-refractivity contribution in [3.05, 3.63) is 52.4 Å². The fraction of sp³-hybridized carbons (Fsp3) is 0.560. The summed E-state index contributed by atoms with van der Waals surface area (Å²) in [6.07, 6.45) is -5.03. The molecule has 1 saturated heterocycles. The van der Waals surface area contributed by atoms with Crippen LogP contribution in [0.1, 0.15) is 33.6 Å². The molecule has 0 bridgehead atoms. The van der Waals surface area contributed by atoms with E-state index in [0.29, 0.717) is 24.2 Å². The molecule has 0 unspecified atom stereocenters. The Morgan fingerprint density at radius 3 is 2.54 bits per heavy atom. The SMILES string of the molecule is CC(=CCOc1ccc2ccc(=O)oc2c1)CC[C@@H](O[C@H]1O[C@@H](CO)[C@H](O)[C@H](O)[C@@H]1O)C(C)(C)O. The lowest BCUT2D eigenvalue weighted by Gasteiger charge is -2.42. The first kappa shape index (κ1) is 27.3. The molecule has 0 aliphatic carbocycles. The van der Waals surface area contributed by atoms with Crippen molar-refractivity contribution in [2.24, 2.45) is 0 Å². The fourth-order valence-electron chi connectivity index (χ4n) is 3.80. The van der Waals surface area contributed by atoms with Gasteiger partial charge in [0.05, 0.1) is 18.3 Å². The van der Waals surface area contributed by atoms with Gasteiger partial charge in [-0.25, -0.2) is 4.79 Å². The molecule has 35 heavy (non-hydrogen) atoms. The Labute approximate surface area is 203 Å². The highest BCUT2D eigenvalue weighted by molar-refractivity contribution is 5.77. The van der Waals surface area contributed by atoms with Crippen LogP contribution in [0.25, 0.3) is 11.0 Å². The van der Waals surface area contributed by atoms with E-state index in [1.165, 1.54) is 6.07 Å². The van der Waals surface area contributed by atoms with E-state index in [4.69, 9.17) is 18.6 Å². The van der Waals surface area contributed by atoms with Crippen LogP contribution in [0, 0.1) is 0 Å². The summed E-state index contributed by atoms with van der Waals surface area (Å²) in [6, 6.07) is 8.27. The van der Waals surface area contributed by atoms with Crippen LogP contribution in [-0.2, 0) is 9.47 Å². The van der Waals surface area contributed by atoms with Gasteiger partial charge < -0.3 is 44.2 Å². The number of allylic oxidation sites excluding steroid dienone is 1. The van der Waals surface area contributed by atoms with Gasteiger partial charge >= 0.3 is 5.63 Å². The fourth-order valence-corrected chi connectivity index (χ4v) is 3.80. The maximum atomic E-state index is 11.4. The Morgan fingerprint density at radius 1 is 1.14 bits per heavy atom. The molecule has 1 aliphatic heterocycles. The molecule has 10 nitrogen and oxygen atoms in total. The first-order chi connectivity index (χ1) is 16.5. The minimum absolute atomic E-state index is 0.273. The van der Waals surface area contributed by atoms with Gasteiger partial charge in [0.15, 0.2) is 6.29 Å². The second kappa shape index (κ2) is 11.6. The molecule has 1 fully saturated rings. The molecule has 0 saturated carbocycles. The summed E-state index contributed by atoms with van der Waals surface area (Å²) in [5.41, 5.74) is -0.333. The van der Waals surface area contributed by atoms with Crippen molar-refractivity contribution in [2.75, 3.05) is 13.2 Å². The van der Waals surface area contributed by atoms with Gasteiger partial charge in [-0.15, -0.1) is 0 Å².